The van der Waals surface area contributed by atoms with Gasteiger partial charge in [0, 0.05) is 30.4 Å². The predicted molar refractivity (Wildman–Crippen MR) is 77.7 cm³/mol. The van der Waals surface area contributed by atoms with Crippen molar-refractivity contribution in [3.8, 4) is 0 Å². The highest BCUT2D eigenvalue weighted by atomic mass is 79.9. The predicted octanol–water partition coefficient (Wildman–Crippen LogP) is 2.45. The molecule has 20 heavy (non-hydrogen) atoms. The van der Waals surface area contributed by atoms with Gasteiger partial charge in [0.1, 0.15) is 4.60 Å². The molecule has 1 heterocycles. The fourth-order valence-corrected chi connectivity index (χ4v) is 2.54. The molecule has 0 aliphatic heterocycles. The van der Waals surface area contributed by atoms with Crippen molar-refractivity contribution in [1.82, 2.24) is 9.78 Å². The van der Waals surface area contributed by atoms with E-state index in [0.717, 1.165) is 15.9 Å². The van der Waals surface area contributed by atoms with Crippen LogP contribution in [0.1, 0.15) is 16.8 Å². The Kier molecular flexibility index (Phi) is 4.51. The van der Waals surface area contributed by atoms with Gasteiger partial charge in [-0.3, -0.25) is 14.8 Å². The normalized spacial score (nSPS) is 10.8. The lowest BCUT2D eigenvalue weighted by atomic mass is 10.1. The number of rotatable bonds is 5. The molecule has 1 N–H and O–H groups in total. The van der Waals surface area contributed by atoms with Crippen LogP contribution in [0.4, 0.5) is 5.69 Å². The lowest BCUT2D eigenvalue weighted by Crippen LogP contribution is -2.05. The molecular formula is C13H14BrN3O3. The Morgan fingerprint density at radius 2 is 2.20 bits per heavy atom. The van der Waals surface area contributed by atoms with Crippen molar-refractivity contribution in [1.29, 1.82) is 0 Å². The number of halogens is 1. The topological polar surface area (TPSA) is 81.2 Å². The van der Waals surface area contributed by atoms with Crippen LogP contribution in [-0.4, -0.2) is 26.4 Å². The van der Waals surface area contributed by atoms with Crippen molar-refractivity contribution in [3.05, 3.63) is 55.8 Å². The van der Waals surface area contributed by atoms with Gasteiger partial charge in [-0.05, 0) is 34.5 Å². The van der Waals surface area contributed by atoms with Crippen LogP contribution in [0.15, 0.2) is 28.9 Å². The smallest absolute Gasteiger partial charge is 0.273 e. The van der Waals surface area contributed by atoms with Crippen LogP contribution >= 0.6 is 15.9 Å². The number of nitro benzene ring substituents is 1. The molecule has 0 spiro atoms. The van der Waals surface area contributed by atoms with E-state index in [1.807, 2.05) is 19.1 Å². The standard InChI is InChI=1S/C13H14BrN3O3/c1-9-6-13(14)15-16(9)8-10-2-3-11(4-5-18)12(7-10)17(19)20/h2-3,6-7,18H,4-5,8H2,1H3. The van der Waals surface area contributed by atoms with Crippen LogP contribution in [0.2, 0.25) is 0 Å². The maximum absolute atomic E-state index is 11.1. The average molecular weight is 340 g/mol. The van der Waals surface area contributed by atoms with Crippen LogP contribution in [0.25, 0.3) is 0 Å². The Hall–Kier alpha value is -1.73. The van der Waals surface area contributed by atoms with Crippen molar-refractivity contribution >= 4 is 21.6 Å². The Bertz CT molecular complexity index is 640. The van der Waals surface area contributed by atoms with Crippen molar-refractivity contribution in [2.45, 2.75) is 19.9 Å². The van der Waals surface area contributed by atoms with Crippen molar-refractivity contribution in [2.75, 3.05) is 6.61 Å². The number of nitro groups is 1. The minimum atomic E-state index is -0.416. The summed E-state index contributed by atoms with van der Waals surface area (Å²) in [7, 11) is 0. The third-order valence-electron chi connectivity index (χ3n) is 3.01. The molecule has 0 amide bonds. The van der Waals surface area contributed by atoms with Gasteiger partial charge in [0.25, 0.3) is 5.69 Å². The van der Waals surface area contributed by atoms with E-state index >= 15 is 0 Å². The summed E-state index contributed by atoms with van der Waals surface area (Å²) >= 11 is 3.30. The minimum absolute atomic E-state index is 0.0421. The van der Waals surface area contributed by atoms with Crippen LogP contribution in [0, 0.1) is 17.0 Å². The lowest BCUT2D eigenvalue weighted by Gasteiger charge is -2.07. The summed E-state index contributed by atoms with van der Waals surface area (Å²) in [6.07, 6.45) is 0.281. The zero-order chi connectivity index (χ0) is 14.7. The number of benzene rings is 1. The first-order chi connectivity index (χ1) is 9.51. The molecule has 0 unspecified atom stereocenters. The number of aryl methyl sites for hydroxylation is 1. The van der Waals surface area contributed by atoms with Gasteiger partial charge in [0.05, 0.1) is 11.5 Å². The SMILES string of the molecule is Cc1cc(Br)nn1Cc1ccc(CCO)c([N+](=O)[O-])c1. The number of nitrogens with zero attached hydrogens (tertiary/aromatic N) is 3. The molecule has 0 aliphatic rings. The van der Waals surface area contributed by atoms with Gasteiger partial charge in [0.15, 0.2) is 0 Å². The molecule has 0 aliphatic carbocycles. The Morgan fingerprint density at radius 3 is 2.75 bits per heavy atom. The molecule has 6 nitrogen and oxygen atoms in total. The molecule has 0 saturated heterocycles. The first-order valence-electron chi connectivity index (χ1n) is 6.08. The quantitative estimate of drug-likeness (QED) is 0.670. The third kappa shape index (κ3) is 3.23. The molecule has 0 fully saturated rings. The molecule has 1 aromatic heterocycles. The molecular weight excluding hydrogens is 326 g/mol. The minimum Gasteiger partial charge on any atom is -0.396 e. The van der Waals surface area contributed by atoms with E-state index in [0.29, 0.717) is 12.1 Å². The summed E-state index contributed by atoms with van der Waals surface area (Å²) in [6.45, 7) is 2.29. The van der Waals surface area contributed by atoms with E-state index in [1.54, 1.807) is 16.8 Å². The van der Waals surface area contributed by atoms with Crippen LogP contribution in [0.3, 0.4) is 0 Å². The molecule has 0 radical (unpaired) electrons. The molecule has 2 aromatic rings. The van der Waals surface area contributed by atoms with E-state index in [-0.39, 0.29) is 18.7 Å². The second-order valence-corrected chi connectivity index (χ2v) is 5.27. The van der Waals surface area contributed by atoms with E-state index in [9.17, 15) is 10.1 Å². The monoisotopic (exact) mass is 339 g/mol. The Balaban J connectivity index is 2.31. The summed E-state index contributed by atoms with van der Waals surface area (Å²) in [5, 5.41) is 24.3. The summed E-state index contributed by atoms with van der Waals surface area (Å²) in [4.78, 5) is 10.6. The van der Waals surface area contributed by atoms with E-state index in [4.69, 9.17) is 5.11 Å². The van der Waals surface area contributed by atoms with E-state index in [1.165, 1.54) is 0 Å². The first kappa shape index (κ1) is 14.7. The largest absolute Gasteiger partial charge is 0.396 e. The second-order valence-electron chi connectivity index (χ2n) is 4.46. The zero-order valence-corrected chi connectivity index (χ0v) is 12.5. The van der Waals surface area contributed by atoms with Crippen LogP contribution in [-0.2, 0) is 13.0 Å². The highest BCUT2D eigenvalue weighted by molar-refractivity contribution is 9.10. The van der Waals surface area contributed by atoms with Gasteiger partial charge < -0.3 is 5.11 Å². The van der Waals surface area contributed by atoms with Crippen molar-refractivity contribution in [3.63, 3.8) is 0 Å². The maximum atomic E-state index is 11.1. The molecule has 106 valence electrons. The van der Waals surface area contributed by atoms with Gasteiger partial charge in [-0.1, -0.05) is 12.1 Å². The van der Waals surface area contributed by atoms with E-state index in [2.05, 4.69) is 21.0 Å². The molecule has 1 aromatic carbocycles. The third-order valence-corrected chi connectivity index (χ3v) is 3.40. The van der Waals surface area contributed by atoms with Crippen molar-refractivity contribution < 1.29 is 10.0 Å². The van der Waals surface area contributed by atoms with Crippen LogP contribution < -0.4 is 0 Å². The summed E-state index contributed by atoms with van der Waals surface area (Å²) in [6, 6.07) is 6.94. The van der Waals surface area contributed by atoms with Gasteiger partial charge in [-0.15, -0.1) is 0 Å². The van der Waals surface area contributed by atoms with Gasteiger partial charge in [0.2, 0.25) is 0 Å². The molecule has 0 atom stereocenters. The number of aliphatic hydroxyl groups is 1. The van der Waals surface area contributed by atoms with Gasteiger partial charge >= 0.3 is 0 Å². The molecule has 2 rings (SSSR count). The lowest BCUT2D eigenvalue weighted by molar-refractivity contribution is -0.385. The summed E-state index contributed by atoms with van der Waals surface area (Å²) < 4.78 is 2.51. The highest BCUT2D eigenvalue weighted by Gasteiger charge is 2.14. The molecule has 7 heteroatoms. The van der Waals surface area contributed by atoms with Gasteiger partial charge in [-0.25, -0.2) is 0 Å². The number of aliphatic hydroxyl groups excluding tert-OH is 1. The van der Waals surface area contributed by atoms with Gasteiger partial charge in [-0.2, -0.15) is 5.10 Å². The zero-order valence-electron chi connectivity index (χ0n) is 10.9. The number of aromatic nitrogens is 2. The molecule has 0 saturated carbocycles. The first-order valence-corrected chi connectivity index (χ1v) is 6.87. The highest BCUT2D eigenvalue weighted by Crippen LogP contribution is 2.22. The second kappa shape index (κ2) is 6.15. The number of hydrogen-bond donors (Lipinski definition) is 1. The molecule has 0 bridgehead atoms. The summed E-state index contributed by atoms with van der Waals surface area (Å²) in [5.41, 5.74) is 2.36. The maximum Gasteiger partial charge on any atom is 0.273 e. The van der Waals surface area contributed by atoms with Crippen molar-refractivity contribution in [2.24, 2.45) is 0 Å². The average Bonchev–Trinajstić information content (AvgIpc) is 2.69. The number of hydrogen-bond acceptors (Lipinski definition) is 4. The fourth-order valence-electron chi connectivity index (χ4n) is 2.01. The fraction of sp³-hybridized carbons (Fsp3) is 0.308. The Morgan fingerprint density at radius 1 is 1.45 bits per heavy atom. The van der Waals surface area contributed by atoms with Crippen LogP contribution in [0.5, 0.6) is 0 Å². The van der Waals surface area contributed by atoms with E-state index < -0.39 is 4.92 Å². The summed E-state index contributed by atoms with van der Waals surface area (Å²) in [5.74, 6) is 0. The Labute approximate surface area is 124 Å².